The lowest BCUT2D eigenvalue weighted by Gasteiger charge is -1.97. The molecule has 2 aromatic rings. The Morgan fingerprint density at radius 1 is 1.25 bits per heavy atom. The number of fused-ring (bicyclic) bond motifs is 1. The second kappa shape index (κ2) is 3.48. The SMILES string of the molecule is Cc1[nH]c2ccc(C(=O)C(=O)O)cc2c1C. The Morgan fingerprint density at radius 3 is 2.56 bits per heavy atom. The lowest BCUT2D eigenvalue weighted by Crippen LogP contribution is -2.12. The summed E-state index contributed by atoms with van der Waals surface area (Å²) in [6, 6.07) is 4.87. The minimum atomic E-state index is -1.43. The monoisotopic (exact) mass is 217 g/mol. The van der Waals surface area contributed by atoms with E-state index < -0.39 is 11.8 Å². The Kier molecular flexibility index (Phi) is 2.27. The zero-order valence-corrected chi connectivity index (χ0v) is 9.00. The number of aromatic nitrogens is 1. The number of H-pyrrole nitrogens is 1. The number of aryl methyl sites for hydroxylation is 2. The summed E-state index contributed by atoms with van der Waals surface area (Å²) in [7, 11) is 0. The minimum Gasteiger partial charge on any atom is -0.475 e. The van der Waals surface area contributed by atoms with E-state index in [2.05, 4.69) is 4.98 Å². The van der Waals surface area contributed by atoms with Gasteiger partial charge in [-0.1, -0.05) is 0 Å². The normalized spacial score (nSPS) is 10.6. The van der Waals surface area contributed by atoms with E-state index in [9.17, 15) is 9.59 Å². The van der Waals surface area contributed by atoms with Crippen LogP contribution in [0.3, 0.4) is 0 Å². The summed E-state index contributed by atoms with van der Waals surface area (Å²) in [6.45, 7) is 3.87. The van der Waals surface area contributed by atoms with Crippen molar-refractivity contribution >= 4 is 22.7 Å². The Labute approximate surface area is 91.9 Å². The van der Waals surface area contributed by atoms with E-state index in [-0.39, 0.29) is 5.56 Å². The Hall–Kier alpha value is -2.10. The quantitative estimate of drug-likeness (QED) is 0.597. The zero-order valence-electron chi connectivity index (χ0n) is 9.00. The third kappa shape index (κ3) is 1.48. The number of hydrogen-bond acceptors (Lipinski definition) is 2. The third-order valence-corrected chi connectivity index (χ3v) is 2.76. The molecule has 1 heterocycles. The summed E-state index contributed by atoms with van der Waals surface area (Å²) in [6.07, 6.45) is 0. The van der Waals surface area contributed by atoms with Crippen LogP contribution in [0.15, 0.2) is 18.2 Å². The van der Waals surface area contributed by atoms with Gasteiger partial charge in [-0.05, 0) is 37.6 Å². The van der Waals surface area contributed by atoms with Gasteiger partial charge < -0.3 is 10.1 Å². The summed E-state index contributed by atoms with van der Waals surface area (Å²) in [5, 5.41) is 9.52. The molecule has 0 bridgehead atoms. The smallest absolute Gasteiger partial charge is 0.377 e. The number of Topliss-reactive ketones (excluding diaryl/α,β-unsaturated/α-hetero) is 1. The van der Waals surface area contributed by atoms with Gasteiger partial charge in [0.2, 0.25) is 0 Å². The molecule has 0 saturated heterocycles. The average molecular weight is 217 g/mol. The van der Waals surface area contributed by atoms with Gasteiger partial charge in [-0.25, -0.2) is 4.79 Å². The van der Waals surface area contributed by atoms with Crippen molar-refractivity contribution in [1.29, 1.82) is 0 Å². The van der Waals surface area contributed by atoms with Crippen molar-refractivity contribution in [2.75, 3.05) is 0 Å². The average Bonchev–Trinajstić information content (AvgIpc) is 2.53. The van der Waals surface area contributed by atoms with Crippen LogP contribution in [0.2, 0.25) is 0 Å². The van der Waals surface area contributed by atoms with Crippen LogP contribution in [-0.4, -0.2) is 21.8 Å². The predicted octanol–water partition coefficient (Wildman–Crippen LogP) is 2.05. The number of carbonyl (C=O) groups is 2. The highest BCUT2D eigenvalue weighted by Gasteiger charge is 2.15. The highest BCUT2D eigenvalue weighted by molar-refractivity contribution is 6.40. The number of hydrogen-bond donors (Lipinski definition) is 2. The van der Waals surface area contributed by atoms with Crippen LogP contribution < -0.4 is 0 Å². The molecule has 0 aliphatic rings. The molecule has 0 atom stereocenters. The molecule has 4 heteroatoms. The van der Waals surface area contributed by atoms with Gasteiger partial charge in [0.15, 0.2) is 0 Å². The predicted molar refractivity (Wildman–Crippen MR) is 59.7 cm³/mol. The highest BCUT2D eigenvalue weighted by Crippen LogP contribution is 2.22. The molecule has 0 amide bonds. The third-order valence-electron chi connectivity index (χ3n) is 2.76. The molecule has 16 heavy (non-hydrogen) atoms. The van der Waals surface area contributed by atoms with Crippen molar-refractivity contribution < 1.29 is 14.7 Å². The van der Waals surface area contributed by atoms with Crippen molar-refractivity contribution in [3.63, 3.8) is 0 Å². The van der Waals surface area contributed by atoms with Gasteiger partial charge >= 0.3 is 5.97 Å². The maximum absolute atomic E-state index is 11.3. The van der Waals surface area contributed by atoms with Crippen LogP contribution in [0.4, 0.5) is 0 Å². The van der Waals surface area contributed by atoms with Gasteiger partial charge in [0.05, 0.1) is 0 Å². The van der Waals surface area contributed by atoms with Crippen molar-refractivity contribution in [3.05, 3.63) is 35.0 Å². The first-order valence-electron chi connectivity index (χ1n) is 4.87. The number of carboxylic acid groups (broad SMARTS) is 1. The fraction of sp³-hybridized carbons (Fsp3) is 0.167. The van der Waals surface area contributed by atoms with E-state index in [0.29, 0.717) is 0 Å². The van der Waals surface area contributed by atoms with Crippen LogP contribution >= 0.6 is 0 Å². The Morgan fingerprint density at radius 2 is 1.94 bits per heavy atom. The molecule has 0 spiro atoms. The van der Waals surface area contributed by atoms with E-state index in [1.807, 2.05) is 13.8 Å². The Balaban J connectivity index is 2.63. The summed E-state index contributed by atoms with van der Waals surface area (Å²) < 4.78 is 0. The summed E-state index contributed by atoms with van der Waals surface area (Å²) >= 11 is 0. The fourth-order valence-electron chi connectivity index (χ4n) is 1.73. The fourth-order valence-corrected chi connectivity index (χ4v) is 1.73. The van der Waals surface area contributed by atoms with E-state index >= 15 is 0 Å². The molecule has 1 aromatic carbocycles. The number of carbonyl (C=O) groups excluding carboxylic acids is 1. The first-order chi connectivity index (χ1) is 7.50. The highest BCUT2D eigenvalue weighted by atomic mass is 16.4. The second-order valence-electron chi connectivity index (χ2n) is 3.77. The molecule has 1 aromatic heterocycles. The van der Waals surface area contributed by atoms with Crippen molar-refractivity contribution in [3.8, 4) is 0 Å². The first kappa shape index (κ1) is 10.4. The largest absolute Gasteiger partial charge is 0.475 e. The van der Waals surface area contributed by atoms with E-state index in [0.717, 1.165) is 22.2 Å². The minimum absolute atomic E-state index is 0.210. The maximum Gasteiger partial charge on any atom is 0.377 e. The molecule has 82 valence electrons. The number of aliphatic carboxylic acids is 1. The number of carboxylic acids is 1. The molecule has 2 rings (SSSR count). The van der Waals surface area contributed by atoms with Gasteiger partial charge in [-0.3, -0.25) is 4.79 Å². The van der Waals surface area contributed by atoms with Crippen LogP contribution in [0.5, 0.6) is 0 Å². The summed E-state index contributed by atoms with van der Waals surface area (Å²) in [5.41, 5.74) is 3.18. The number of benzene rings is 1. The van der Waals surface area contributed by atoms with Gasteiger partial charge in [0.1, 0.15) is 0 Å². The van der Waals surface area contributed by atoms with Crippen LogP contribution in [-0.2, 0) is 4.79 Å². The molecule has 0 radical (unpaired) electrons. The molecule has 0 unspecified atom stereocenters. The van der Waals surface area contributed by atoms with Crippen molar-refractivity contribution in [2.45, 2.75) is 13.8 Å². The number of rotatable bonds is 2. The number of ketones is 1. The molecule has 0 fully saturated rings. The van der Waals surface area contributed by atoms with Crippen LogP contribution in [0, 0.1) is 13.8 Å². The topological polar surface area (TPSA) is 70.2 Å². The molecular weight excluding hydrogens is 206 g/mol. The number of nitrogens with one attached hydrogen (secondary N) is 1. The molecule has 0 saturated carbocycles. The maximum atomic E-state index is 11.3. The molecule has 0 aliphatic carbocycles. The van der Waals surface area contributed by atoms with Crippen LogP contribution in [0.1, 0.15) is 21.6 Å². The van der Waals surface area contributed by atoms with Gasteiger partial charge in [-0.2, -0.15) is 0 Å². The second-order valence-corrected chi connectivity index (χ2v) is 3.77. The lowest BCUT2D eigenvalue weighted by atomic mass is 10.1. The summed E-state index contributed by atoms with van der Waals surface area (Å²) in [4.78, 5) is 25.0. The molecule has 0 aliphatic heterocycles. The first-order valence-corrected chi connectivity index (χ1v) is 4.87. The van der Waals surface area contributed by atoms with E-state index in [1.165, 1.54) is 6.07 Å². The van der Waals surface area contributed by atoms with Gasteiger partial charge in [0.25, 0.3) is 5.78 Å². The van der Waals surface area contributed by atoms with E-state index in [4.69, 9.17) is 5.11 Å². The van der Waals surface area contributed by atoms with Gasteiger partial charge in [-0.15, -0.1) is 0 Å². The lowest BCUT2D eigenvalue weighted by molar-refractivity contribution is -0.131. The summed E-state index contributed by atoms with van der Waals surface area (Å²) in [5.74, 6) is -2.30. The molecule has 4 nitrogen and oxygen atoms in total. The zero-order chi connectivity index (χ0) is 11.9. The Bertz CT molecular complexity index is 596. The van der Waals surface area contributed by atoms with Gasteiger partial charge in [0, 0.05) is 22.2 Å². The van der Waals surface area contributed by atoms with Crippen molar-refractivity contribution in [2.24, 2.45) is 0 Å². The number of aromatic amines is 1. The van der Waals surface area contributed by atoms with Crippen molar-refractivity contribution in [1.82, 2.24) is 4.98 Å². The molecule has 2 N–H and O–H groups in total. The van der Waals surface area contributed by atoms with Crippen LogP contribution in [0.25, 0.3) is 10.9 Å². The van der Waals surface area contributed by atoms with E-state index in [1.54, 1.807) is 12.1 Å². The standard InChI is InChI=1S/C12H11NO3/c1-6-7(2)13-10-4-3-8(5-9(6)10)11(14)12(15)16/h3-5,13H,1-2H3,(H,15,16). The molecular formula is C12H11NO3.